The maximum Gasteiger partial charge on any atom is 0.252 e. The van der Waals surface area contributed by atoms with Crippen LogP contribution >= 0.6 is 0 Å². The van der Waals surface area contributed by atoms with E-state index in [0.717, 1.165) is 12.1 Å². The minimum atomic E-state index is -0.512. The molecule has 5 N–H and O–H groups in total. The molecule has 2 amide bonds. The molecule has 0 saturated carbocycles. The molecule has 19 heavy (non-hydrogen) atoms. The first kappa shape index (κ1) is 14.7. The number of halogens is 1. The summed E-state index contributed by atoms with van der Waals surface area (Å²) in [6.07, 6.45) is 0.0384. The summed E-state index contributed by atoms with van der Waals surface area (Å²) in [5.41, 5.74) is 10.7. The Morgan fingerprint density at radius 2 is 2.11 bits per heavy atom. The van der Waals surface area contributed by atoms with Gasteiger partial charge in [-0.3, -0.25) is 9.59 Å². The van der Waals surface area contributed by atoms with Gasteiger partial charge < -0.3 is 16.8 Å². The summed E-state index contributed by atoms with van der Waals surface area (Å²) in [4.78, 5) is 22.4. The van der Waals surface area contributed by atoms with Gasteiger partial charge in [-0.15, -0.1) is 0 Å². The number of hydrogen-bond donors (Lipinski definition) is 3. The number of nitrogens with two attached hydrogens (primary N) is 2. The molecule has 0 spiro atoms. The molecule has 0 radical (unpaired) electrons. The van der Waals surface area contributed by atoms with Crippen molar-refractivity contribution < 1.29 is 14.0 Å². The van der Waals surface area contributed by atoms with E-state index in [2.05, 4.69) is 17.2 Å². The van der Waals surface area contributed by atoms with Gasteiger partial charge in [0.25, 0.3) is 5.91 Å². The van der Waals surface area contributed by atoms with Gasteiger partial charge in [0.2, 0.25) is 5.91 Å². The predicted octanol–water partition coefficient (Wildman–Crippen LogP) is -0.259. The van der Waals surface area contributed by atoms with Crippen LogP contribution in [0.2, 0.25) is 0 Å². The van der Waals surface area contributed by atoms with Gasteiger partial charge in [-0.05, 0) is 18.2 Å². The second kappa shape index (κ2) is 7.13. The summed E-state index contributed by atoms with van der Waals surface area (Å²) in [5, 5.41) is 2.51. The lowest BCUT2D eigenvalue weighted by molar-refractivity contribution is -0.117. The summed E-state index contributed by atoms with van der Waals surface area (Å²) < 4.78 is 13.1. The fourth-order valence-electron chi connectivity index (χ4n) is 1.36. The number of carbonyl (C=O) groups is 2. The molecule has 0 saturated heterocycles. The largest absolute Gasteiger partial charge is 0.370 e. The molecule has 0 bridgehead atoms. The fraction of sp³-hybridized carbons (Fsp3) is 0.231. The number of amides is 2. The number of hydrogen-bond acceptors (Lipinski definition) is 3. The molecule has 0 fully saturated rings. The van der Waals surface area contributed by atoms with Crippen molar-refractivity contribution in [1.82, 2.24) is 5.32 Å². The first-order chi connectivity index (χ1) is 9.04. The van der Waals surface area contributed by atoms with Crippen molar-refractivity contribution in [2.24, 2.45) is 11.5 Å². The lowest BCUT2D eigenvalue weighted by Gasteiger charge is -2.06. The Balaban J connectivity index is 2.86. The van der Waals surface area contributed by atoms with Crippen molar-refractivity contribution in [3.8, 4) is 11.8 Å². The third kappa shape index (κ3) is 4.77. The maximum atomic E-state index is 13.1. The lowest BCUT2D eigenvalue weighted by atomic mass is 10.1. The monoisotopic (exact) mass is 263 g/mol. The highest BCUT2D eigenvalue weighted by atomic mass is 19.1. The van der Waals surface area contributed by atoms with Gasteiger partial charge in [0.05, 0.1) is 12.1 Å². The zero-order chi connectivity index (χ0) is 14.3. The molecule has 0 heterocycles. The number of nitrogens with one attached hydrogen (secondary N) is 1. The quantitative estimate of drug-likeness (QED) is 0.653. The highest BCUT2D eigenvalue weighted by molar-refractivity contribution is 5.96. The smallest absolute Gasteiger partial charge is 0.252 e. The lowest BCUT2D eigenvalue weighted by Crippen LogP contribution is -2.28. The van der Waals surface area contributed by atoms with Crippen LogP contribution < -0.4 is 16.8 Å². The maximum absolute atomic E-state index is 13.1. The van der Waals surface area contributed by atoms with Gasteiger partial charge in [-0.1, -0.05) is 11.8 Å². The Morgan fingerprint density at radius 1 is 1.37 bits per heavy atom. The van der Waals surface area contributed by atoms with E-state index in [1.54, 1.807) is 0 Å². The summed E-state index contributed by atoms with van der Waals surface area (Å²) in [7, 11) is 0. The van der Waals surface area contributed by atoms with Crippen molar-refractivity contribution >= 4 is 11.8 Å². The molecule has 6 heteroatoms. The number of primary amides is 1. The minimum absolute atomic E-state index is 0.0384. The van der Waals surface area contributed by atoms with Gasteiger partial charge in [0.15, 0.2) is 0 Å². The minimum Gasteiger partial charge on any atom is -0.370 e. The van der Waals surface area contributed by atoms with E-state index in [9.17, 15) is 14.0 Å². The van der Waals surface area contributed by atoms with E-state index in [1.165, 1.54) is 6.07 Å². The highest BCUT2D eigenvalue weighted by Gasteiger charge is 2.11. The first-order valence-corrected chi connectivity index (χ1v) is 5.59. The van der Waals surface area contributed by atoms with Crippen LogP contribution in [0.4, 0.5) is 4.39 Å². The van der Waals surface area contributed by atoms with Crippen molar-refractivity contribution in [3.63, 3.8) is 0 Å². The van der Waals surface area contributed by atoms with Crippen LogP contribution in [0, 0.1) is 17.7 Å². The average molecular weight is 263 g/mol. The Hall–Kier alpha value is -2.39. The molecule has 0 unspecified atom stereocenters. The van der Waals surface area contributed by atoms with Crippen LogP contribution in [0.1, 0.15) is 22.3 Å². The van der Waals surface area contributed by atoms with E-state index in [4.69, 9.17) is 11.5 Å². The van der Waals surface area contributed by atoms with E-state index < -0.39 is 17.6 Å². The number of benzene rings is 1. The van der Waals surface area contributed by atoms with E-state index in [1.807, 2.05) is 0 Å². The Morgan fingerprint density at radius 3 is 2.74 bits per heavy atom. The van der Waals surface area contributed by atoms with Gasteiger partial charge >= 0.3 is 0 Å². The second-order valence-electron chi connectivity index (χ2n) is 3.67. The molecular formula is C13H14FN3O2. The summed E-state index contributed by atoms with van der Waals surface area (Å²) in [6.45, 7) is 0.231. The number of rotatable bonds is 4. The molecule has 1 aromatic carbocycles. The SMILES string of the molecule is NCC#Cc1cc(F)ccc1C(=O)NCCC(N)=O. The van der Waals surface area contributed by atoms with Gasteiger partial charge in [-0.25, -0.2) is 4.39 Å². The van der Waals surface area contributed by atoms with E-state index in [0.29, 0.717) is 0 Å². The highest BCUT2D eigenvalue weighted by Crippen LogP contribution is 2.10. The topological polar surface area (TPSA) is 98.2 Å². The van der Waals surface area contributed by atoms with Crippen LogP contribution in [0.25, 0.3) is 0 Å². The van der Waals surface area contributed by atoms with Gasteiger partial charge in [0, 0.05) is 18.5 Å². The van der Waals surface area contributed by atoms with Crippen LogP contribution in [0.5, 0.6) is 0 Å². The fourth-order valence-corrected chi connectivity index (χ4v) is 1.36. The Labute approximate surface area is 110 Å². The molecule has 0 aliphatic carbocycles. The Kier molecular flexibility index (Phi) is 5.51. The molecule has 0 aliphatic rings. The van der Waals surface area contributed by atoms with Gasteiger partial charge in [-0.2, -0.15) is 0 Å². The first-order valence-electron chi connectivity index (χ1n) is 5.59. The standard InChI is InChI=1S/C13H14FN3O2/c14-10-3-4-11(9(8-10)2-1-6-15)13(19)17-7-5-12(16)18/h3-4,8H,5-7,15H2,(H2,16,18)(H,17,19). The van der Waals surface area contributed by atoms with Crippen LogP contribution in [-0.2, 0) is 4.79 Å². The third-order valence-electron chi connectivity index (χ3n) is 2.21. The van der Waals surface area contributed by atoms with Gasteiger partial charge in [0.1, 0.15) is 5.82 Å². The van der Waals surface area contributed by atoms with E-state index in [-0.39, 0.29) is 30.6 Å². The molecule has 0 aromatic heterocycles. The van der Waals surface area contributed by atoms with Crippen molar-refractivity contribution in [3.05, 3.63) is 35.1 Å². The van der Waals surface area contributed by atoms with Crippen LogP contribution in [0.3, 0.4) is 0 Å². The van der Waals surface area contributed by atoms with Crippen molar-refractivity contribution in [2.75, 3.05) is 13.1 Å². The summed E-state index contributed by atoms with van der Waals surface area (Å²) >= 11 is 0. The molecule has 100 valence electrons. The van der Waals surface area contributed by atoms with E-state index >= 15 is 0 Å². The molecule has 0 atom stereocenters. The van der Waals surface area contributed by atoms with Crippen molar-refractivity contribution in [2.45, 2.75) is 6.42 Å². The van der Waals surface area contributed by atoms with Crippen LogP contribution in [0.15, 0.2) is 18.2 Å². The molecule has 1 rings (SSSR count). The Bertz CT molecular complexity index is 547. The molecule has 1 aromatic rings. The van der Waals surface area contributed by atoms with Crippen LogP contribution in [-0.4, -0.2) is 24.9 Å². The normalized spacial score (nSPS) is 9.37. The zero-order valence-corrected chi connectivity index (χ0v) is 10.2. The predicted molar refractivity (Wildman–Crippen MR) is 68.5 cm³/mol. The zero-order valence-electron chi connectivity index (χ0n) is 10.2. The molecule has 0 aliphatic heterocycles. The third-order valence-corrected chi connectivity index (χ3v) is 2.21. The summed E-state index contributed by atoms with van der Waals surface area (Å²) in [6, 6.07) is 3.65. The molecule has 5 nitrogen and oxygen atoms in total. The average Bonchev–Trinajstić information content (AvgIpc) is 2.35. The van der Waals surface area contributed by atoms with Crippen molar-refractivity contribution in [1.29, 1.82) is 0 Å². The molecular weight excluding hydrogens is 249 g/mol. The number of carbonyl (C=O) groups excluding carboxylic acids is 2. The second-order valence-corrected chi connectivity index (χ2v) is 3.67. The summed E-state index contributed by atoms with van der Waals surface area (Å²) in [5.74, 6) is 3.74.